The van der Waals surface area contributed by atoms with Crippen molar-refractivity contribution in [1.29, 1.82) is 0 Å². The van der Waals surface area contributed by atoms with Crippen LogP contribution in [-0.4, -0.2) is 35.6 Å². The summed E-state index contributed by atoms with van der Waals surface area (Å²) in [6, 6.07) is 9.66. The Morgan fingerprint density at radius 1 is 1.32 bits per heavy atom. The van der Waals surface area contributed by atoms with Crippen LogP contribution < -0.4 is 5.32 Å². The minimum Gasteiger partial charge on any atom is -0.360 e. The van der Waals surface area contributed by atoms with E-state index in [1.54, 1.807) is 24.3 Å². The van der Waals surface area contributed by atoms with Gasteiger partial charge in [-0.2, -0.15) is 11.3 Å². The van der Waals surface area contributed by atoms with Crippen LogP contribution in [0.4, 0.5) is 0 Å². The van der Waals surface area contributed by atoms with Gasteiger partial charge in [-0.25, -0.2) is 0 Å². The highest BCUT2D eigenvalue weighted by atomic mass is 35.5. The van der Waals surface area contributed by atoms with Crippen molar-refractivity contribution in [3.05, 3.63) is 63.0 Å². The summed E-state index contributed by atoms with van der Waals surface area (Å²) >= 11 is 7.99. The largest absolute Gasteiger partial charge is 0.360 e. The summed E-state index contributed by atoms with van der Waals surface area (Å²) in [7, 11) is 0. The van der Waals surface area contributed by atoms with E-state index in [1.165, 1.54) is 18.4 Å². The van der Waals surface area contributed by atoms with Crippen LogP contribution in [0.5, 0.6) is 0 Å². The number of hydrogen-bond donors (Lipinski definition) is 1. The molecule has 0 spiro atoms. The standard InChI is InChI=1S/C21H22ClN3O2S/c1-14-19(20(24-27-14)16-6-2-3-7-17(16)22)21(26)23-12-18(15-8-11-28-13-15)25-9-4-5-10-25/h2-3,6-8,11,13,18H,4-5,9-10,12H2,1H3,(H,23,26). The number of likely N-dealkylation sites (tertiary alicyclic amines) is 1. The summed E-state index contributed by atoms with van der Waals surface area (Å²) < 4.78 is 5.33. The molecule has 0 aliphatic carbocycles. The summed E-state index contributed by atoms with van der Waals surface area (Å²) in [6.45, 7) is 4.42. The Balaban J connectivity index is 1.55. The van der Waals surface area contributed by atoms with Crippen LogP contribution in [0.3, 0.4) is 0 Å². The number of halogens is 1. The number of hydrogen-bond acceptors (Lipinski definition) is 5. The van der Waals surface area contributed by atoms with Gasteiger partial charge >= 0.3 is 0 Å². The van der Waals surface area contributed by atoms with Crippen LogP contribution in [0.15, 0.2) is 45.6 Å². The molecule has 1 aromatic carbocycles. The number of thiophene rings is 1. The van der Waals surface area contributed by atoms with Crippen molar-refractivity contribution in [3.8, 4) is 11.3 Å². The minimum absolute atomic E-state index is 0.182. The Bertz CT molecular complexity index is 948. The van der Waals surface area contributed by atoms with Crippen molar-refractivity contribution >= 4 is 28.8 Å². The highest BCUT2D eigenvalue weighted by Gasteiger charge is 2.27. The zero-order valence-electron chi connectivity index (χ0n) is 15.7. The van der Waals surface area contributed by atoms with E-state index < -0.39 is 0 Å². The zero-order chi connectivity index (χ0) is 19.5. The number of nitrogens with one attached hydrogen (secondary N) is 1. The Morgan fingerprint density at radius 3 is 2.82 bits per heavy atom. The van der Waals surface area contributed by atoms with Gasteiger partial charge in [0.2, 0.25) is 0 Å². The Morgan fingerprint density at radius 2 is 2.11 bits per heavy atom. The van der Waals surface area contributed by atoms with E-state index in [9.17, 15) is 4.79 Å². The van der Waals surface area contributed by atoms with E-state index in [4.69, 9.17) is 16.1 Å². The third-order valence-electron chi connectivity index (χ3n) is 5.18. The van der Waals surface area contributed by atoms with E-state index in [2.05, 4.69) is 32.2 Å². The van der Waals surface area contributed by atoms with Crippen LogP contribution in [0, 0.1) is 6.92 Å². The molecule has 0 bridgehead atoms. The smallest absolute Gasteiger partial charge is 0.257 e. The Kier molecular flexibility index (Phi) is 5.80. The molecule has 2 aromatic heterocycles. The maximum atomic E-state index is 13.1. The Hall–Kier alpha value is -2.15. The molecule has 1 unspecified atom stereocenters. The van der Waals surface area contributed by atoms with E-state index in [1.807, 2.05) is 18.2 Å². The third-order valence-corrected chi connectivity index (χ3v) is 6.22. The highest BCUT2D eigenvalue weighted by Crippen LogP contribution is 2.31. The molecule has 1 aliphatic rings. The fourth-order valence-corrected chi connectivity index (χ4v) is 4.66. The minimum atomic E-state index is -0.187. The van der Waals surface area contributed by atoms with Crippen molar-refractivity contribution < 1.29 is 9.32 Å². The molecular weight excluding hydrogens is 394 g/mol. The molecule has 28 heavy (non-hydrogen) atoms. The molecule has 5 nitrogen and oxygen atoms in total. The quantitative estimate of drug-likeness (QED) is 0.620. The molecule has 0 radical (unpaired) electrons. The normalized spacial score (nSPS) is 15.6. The van der Waals surface area contributed by atoms with Gasteiger partial charge in [0.05, 0.1) is 11.1 Å². The van der Waals surface area contributed by atoms with Crippen molar-refractivity contribution in [2.45, 2.75) is 25.8 Å². The lowest BCUT2D eigenvalue weighted by Gasteiger charge is -2.27. The second-order valence-electron chi connectivity index (χ2n) is 6.97. The highest BCUT2D eigenvalue weighted by molar-refractivity contribution is 7.08. The number of rotatable bonds is 6. The molecule has 146 valence electrons. The molecule has 1 atom stereocenters. The van der Waals surface area contributed by atoms with Gasteiger partial charge in [-0.05, 0) is 61.3 Å². The van der Waals surface area contributed by atoms with Crippen molar-refractivity contribution in [1.82, 2.24) is 15.4 Å². The first-order chi connectivity index (χ1) is 13.6. The van der Waals surface area contributed by atoms with Gasteiger partial charge in [0.25, 0.3) is 5.91 Å². The number of benzene rings is 1. The number of aromatic nitrogens is 1. The van der Waals surface area contributed by atoms with E-state index >= 15 is 0 Å². The number of carbonyl (C=O) groups excluding carboxylic acids is 1. The van der Waals surface area contributed by atoms with Crippen molar-refractivity contribution in [2.24, 2.45) is 0 Å². The van der Waals surface area contributed by atoms with Crippen LogP contribution in [0.2, 0.25) is 5.02 Å². The predicted molar refractivity (Wildman–Crippen MR) is 112 cm³/mol. The van der Waals surface area contributed by atoms with E-state index in [0.717, 1.165) is 13.1 Å². The molecule has 0 saturated carbocycles. The van der Waals surface area contributed by atoms with Gasteiger partial charge in [0, 0.05) is 12.1 Å². The monoisotopic (exact) mass is 415 g/mol. The molecule has 7 heteroatoms. The van der Waals surface area contributed by atoms with Gasteiger partial charge < -0.3 is 9.84 Å². The van der Waals surface area contributed by atoms with Crippen LogP contribution in [0.25, 0.3) is 11.3 Å². The maximum absolute atomic E-state index is 13.1. The average Bonchev–Trinajstić information content (AvgIpc) is 3.44. The summed E-state index contributed by atoms with van der Waals surface area (Å²) in [5.74, 6) is 0.300. The maximum Gasteiger partial charge on any atom is 0.257 e. The number of nitrogens with zero attached hydrogens (tertiary/aromatic N) is 2. The zero-order valence-corrected chi connectivity index (χ0v) is 17.2. The van der Waals surface area contributed by atoms with E-state index in [-0.39, 0.29) is 11.9 Å². The van der Waals surface area contributed by atoms with E-state index in [0.29, 0.717) is 34.1 Å². The second kappa shape index (κ2) is 8.47. The molecule has 1 amide bonds. The fourth-order valence-electron chi connectivity index (χ4n) is 3.73. The molecule has 1 N–H and O–H groups in total. The third kappa shape index (κ3) is 3.85. The molecule has 1 fully saturated rings. The average molecular weight is 416 g/mol. The Labute approximate surface area is 173 Å². The van der Waals surface area contributed by atoms with Crippen LogP contribution in [-0.2, 0) is 0 Å². The van der Waals surface area contributed by atoms with Gasteiger partial charge in [-0.3, -0.25) is 9.69 Å². The molecule has 1 saturated heterocycles. The first-order valence-electron chi connectivity index (χ1n) is 9.40. The van der Waals surface area contributed by atoms with Crippen LogP contribution in [0.1, 0.15) is 40.6 Å². The van der Waals surface area contributed by atoms with Gasteiger partial charge in [-0.1, -0.05) is 35.0 Å². The number of amides is 1. The number of carbonyl (C=O) groups is 1. The summed E-state index contributed by atoms with van der Waals surface area (Å²) in [5, 5.41) is 12.0. The molecular formula is C21H22ClN3O2S. The fraction of sp³-hybridized carbons (Fsp3) is 0.333. The lowest BCUT2D eigenvalue weighted by Crippen LogP contribution is -2.36. The first kappa shape index (κ1) is 19.2. The lowest BCUT2D eigenvalue weighted by atomic mass is 10.0. The SMILES string of the molecule is Cc1onc(-c2ccccc2Cl)c1C(=O)NCC(c1ccsc1)N1CCCC1. The molecule has 1 aliphatic heterocycles. The van der Waals surface area contributed by atoms with Gasteiger partial charge in [0.1, 0.15) is 17.0 Å². The first-order valence-corrected chi connectivity index (χ1v) is 10.7. The summed E-state index contributed by atoms with van der Waals surface area (Å²) in [5.41, 5.74) is 2.87. The van der Waals surface area contributed by atoms with Gasteiger partial charge in [-0.15, -0.1) is 0 Å². The molecule has 3 heterocycles. The van der Waals surface area contributed by atoms with Gasteiger partial charge in [0.15, 0.2) is 0 Å². The lowest BCUT2D eigenvalue weighted by molar-refractivity contribution is 0.0937. The topological polar surface area (TPSA) is 58.4 Å². The molecule has 3 aromatic rings. The van der Waals surface area contributed by atoms with Crippen molar-refractivity contribution in [3.63, 3.8) is 0 Å². The summed E-state index contributed by atoms with van der Waals surface area (Å²) in [4.78, 5) is 15.5. The second-order valence-corrected chi connectivity index (χ2v) is 8.16. The predicted octanol–water partition coefficient (Wildman–Crippen LogP) is 4.93. The van der Waals surface area contributed by atoms with Crippen molar-refractivity contribution in [2.75, 3.05) is 19.6 Å². The summed E-state index contributed by atoms with van der Waals surface area (Å²) in [6.07, 6.45) is 2.41. The number of aryl methyl sites for hydroxylation is 1. The molecule has 4 rings (SSSR count). The van der Waals surface area contributed by atoms with Crippen LogP contribution >= 0.6 is 22.9 Å².